The SMILES string of the molecule is C[C@@H]1CN(CC[C@@H]2CCN(CC[C@H]3CCN(C)C3)C2)CCO1. The highest BCUT2D eigenvalue weighted by Gasteiger charge is 2.26. The standard InChI is InChI=1S/C18H35N3O/c1-16-13-21(11-12-22-16)10-6-18-5-9-20(15-18)8-4-17-3-7-19(2)14-17/h16-18H,3-15H2,1-2H3/t16-,17-,18+/m1/s1. The number of likely N-dealkylation sites (tertiary alicyclic amines) is 2. The summed E-state index contributed by atoms with van der Waals surface area (Å²) in [6, 6.07) is 0. The smallest absolute Gasteiger partial charge is 0.0674 e. The Morgan fingerprint density at radius 1 is 0.864 bits per heavy atom. The Hall–Kier alpha value is -0.160. The van der Waals surface area contributed by atoms with Crippen LogP contribution in [0.4, 0.5) is 0 Å². The molecular weight excluding hydrogens is 274 g/mol. The van der Waals surface area contributed by atoms with E-state index in [1.165, 1.54) is 65.0 Å². The van der Waals surface area contributed by atoms with Gasteiger partial charge in [0, 0.05) is 26.2 Å². The Labute approximate surface area is 136 Å². The third-order valence-electron chi connectivity index (χ3n) is 5.89. The van der Waals surface area contributed by atoms with Crippen LogP contribution in [0.5, 0.6) is 0 Å². The van der Waals surface area contributed by atoms with E-state index < -0.39 is 0 Å². The lowest BCUT2D eigenvalue weighted by Crippen LogP contribution is -2.41. The second-order valence-corrected chi connectivity index (χ2v) is 7.93. The molecule has 3 heterocycles. The van der Waals surface area contributed by atoms with Crippen molar-refractivity contribution in [3.05, 3.63) is 0 Å². The van der Waals surface area contributed by atoms with Gasteiger partial charge in [-0.2, -0.15) is 0 Å². The topological polar surface area (TPSA) is 19.0 Å². The Morgan fingerprint density at radius 3 is 2.23 bits per heavy atom. The van der Waals surface area contributed by atoms with Crippen molar-refractivity contribution in [1.82, 2.24) is 14.7 Å². The van der Waals surface area contributed by atoms with E-state index in [1.54, 1.807) is 0 Å². The van der Waals surface area contributed by atoms with E-state index in [2.05, 4.69) is 28.7 Å². The van der Waals surface area contributed by atoms with Crippen molar-refractivity contribution in [3.63, 3.8) is 0 Å². The van der Waals surface area contributed by atoms with Crippen molar-refractivity contribution < 1.29 is 4.74 Å². The minimum absolute atomic E-state index is 0.429. The summed E-state index contributed by atoms with van der Waals surface area (Å²) in [7, 11) is 2.26. The summed E-state index contributed by atoms with van der Waals surface area (Å²) < 4.78 is 5.63. The van der Waals surface area contributed by atoms with Crippen LogP contribution in [0.3, 0.4) is 0 Å². The molecule has 0 amide bonds. The molecular formula is C18H35N3O. The summed E-state index contributed by atoms with van der Waals surface area (Å²) in [5, 5.41) is 0. The Bertz CT molecular complexity index is 338. The predicted molar refractivity (Wildman–Crippen MR) is 91.2 cm³/mol. The third-order valence-corrected chi connectivity index (χ3v) is 5.89. The van der Waals surface area contributed by atoms with Crippen LogP contribution in [0.15, 0.2) is 0 Å². The Morgan fingerprint density at radius 2 is 1.55 bits per heavy atom. The first-order valence-electron chi connectivity index (χ1n) is 9.44. The van der Waals surface area contributed by atoms with Gasteiger partial charge in [0.25, 0.3) is 0 Å². The van der Waals surface area contributed by atoms with E-state index in [4.69, 9.17) is 4.74 Å². The van der Waals surface area contributed by atoms with E-state index in [0.29, 0.717) is 6.10 Å². The third kappa shape index (κ3) is 4.92. The molecule has 22 heavy (non-hydrogen) atoms. The monoisotopic (exact) mass is 309 g/mol. The van der Waals surface area contributed by atoms with Crippen LogP contribution in [-0.2, 0) is 4.74 Å². The predicted octanol–water partition coefficient (Wildman–Crippen LogP) is 1.76. The van der Waals surface area contributed by atoms with Crippen LogP contribution in [0, 0.1) is 11.8 Å². The van der Waals surface area contributed by atoms with Crippen molar-refractivity contribution in [2.24, 2.45) is 11.8 Å². The second kappa shape index (κ2) is 8.09. The van der Waals surface area contributed by atoms with Crippen LogP contribution < -0.4 is 0 Å². The molecule has 3 aliphatic rings. The Balaban J connectivity index is 1.29. The van der Waals surface area contributed by atoms with Gasteiger partial charge in [-0.1, -0.05) is 0 Å². The fourth-order valence-corrected chi connectivity index (χ4v) is 4.44. The van der Waals surface area contributed by atoms with Gasteiger partial charge in [0.1, 0.15) is 0 Å². The quantitative estimate of drug-likeness (QED) is 0.744. The molecule has 0 aliphatic carbocycles. The van der Waals surface area contributed by atoms with Crippen LogP contribution in [0.2, 0.25) is 0 Å². The molecule has 4 heteroatoms. The first-order valence-corrected chi connectivity index (χ1v) is 9.44. The van der Waals surface area contributed by atoms with E-state index in [9.17, 15) is 0 Å². The highest BCUT2D eigenvalue weighted by Crippen LogP contribution is 2.23. The summed E-state index contributed by atoms with van der Waals surface area (Å²) in [5.41, 5.74) is 0. The minimum Gasteiger partial charge on any atom is -0.376 e. The molecule has 3 rings (SSSR count). The Kier molecular flexibility index (Phi) is 6.14. The van der Waals surface area contributed by atoms with Gasteiger partial charge in [-0.3, -0.25) is 4.90 Å². The molecule has 3 atom stereocenters. The molecule has 0 N–H and O–H groups in total. The van der Waals surface area contributed by atoms with Gasteiger partial charge in [-0.25, -0.2) is 0 Å². The highest BCUT2D eigenvalue weighted by molar-refractivity contribution is 4.80. The average molecular weight is 309 g/mol. The van der Waals surface area contributed by atoms with Gasteiger partial charge >= 0.3 is 0 Å². The van der Waals surface area contributed by atoms with Crippen LogP contribution in [0.25, 0.3) is 0 Å². The number of rotatable bonds is 6. The molecule has 0 aromatic carbocycles. The number of ether oxygens (including phenoxy) is 1. The lowest BCUT2D eigenvalue weighted by Gasteiger charge is -2.31. The normalized spacial score (nSPS) is 35.5. The van der Waals surface area contributed by atoms with Gasteiger partial charge in [-0.05, 0) is 77.7 Å². The van der Waals surface area contributed by atoms with Crippen LogP contribution in [-0.4, -0.2) is 86.8 Å². The van der Waals surface area contributed by atoms with Crippen molar-refractivity contribution in [3.8, 4) is 0 Å². The number of hydrogen-bond acceptors (Lipinski definition) is 4. The summed E-state index contributed by atoms with van der Waals surface area (Å²) in [5.74, 6) is 1.89. The molecule has 3 saturated heterocycles. The maximum Gasteiger partial charge on any atom is 0.0674 e. The summed E-state index contributed by atoms with van der Waals surface area (Å²) in [4.78, 5) is 7.82. The van der Waals surface area contributed by atoms with Crippen LogP contribution in [0.1, 0.15) is 32.6 Å². The van der Waals surface area contributed by atoms with Gasteiger partial charge in [-0.15, -0.1) is 0 Å². The van der Waals surface area contributed by atoms with Gasteiger partial charge < -0.3 is 14.5 Å². The molecule has 0 spiro atoms. The van der Waals surface area contributed by atoms with E-state index >= 15 is 0 Å². The second-order valence-electron chi connectivity index (χ2n) is 7.93. The molecule has 0 unspecified atom stereocenters. The average Bonchev–Trinajstić information content (AvgIpc) is 3.12. The summed E-state index contributed by atoms with van der Waals surface area (Å²) in [6.45, 7) is 13.3. The molecule has 0 aromatic heterocycles. The molecule has 0 aromatic rings. The molecule has 0 radical (unpaired) electrons. The lowest BCUT2D eigenvalue weighted by molar-refractivity contribution is -0.0196. The number of hydrogen-bond donors (Lipinski definition) is 0. The van der Waals surface area contributed by atoms with Crippen molar-refractivity contribution in [1.29, 1.82) is 0 Å². The van der Waals surface area contributed by atoms with Crippen molar-refractivity contribution >= 4 is 0 Å². The zero-order valence-electron chi connectivity index (χ0n) is 14.7. The fraction of sp³-hybridized carbons (Fsp3) is 1.00. The van der Waals surface area contributed by atoms with Crippen LogP contribution >= 0.6 is 0 Å². The molecule has 0 saturated carbocycles. The first kappa shape index (κ1) is 16.7. The maximum atomic E-state index is 5.63. The number of morpholine rings is 1. The molecule has 3 fully saturated rings. The molecule has 128 valence electrons. The molecule has 3 aliphatic heterocycles. The zero-order chi connectivity index (χ0) is 15.4. The van der Waals surface area contributed by atoms with E-state index in [1.807, 2.05) is 0 Å². The van der Waals surface area contributed by atoms with Crippen molar-refractivity contribution in [2.45, 2.75) is 38.7 Å². The summed E-state index contributed by atoms with van der Waals surface area (Å²) >= 11 is 0. The summed E-state index contributed by atoms with van der Waals surface area (Å²) in [6.07, 6.45) is 6.07. The fourth-order valence-electron chi connectivity index (χ4n) is 4.44. The lowest BCUT2D eigenvalue weighted by atomic mass is 10.0. The van der Waals surface area contributed by atoms with Gasteiger partial charge in [0.15, 0.2) is 0 Å². The maximum absolute atomic E-state index is 5.63. The first-order chi connectivity index (χ1) is 10.7. The zero-order valence-corrected chi connectivity index (χ0v) is 14.7. The minimum atomic E-state index is 0.429. The van der Waals surface area contributed by atoms with Crippen molar-refractivity contribution in [2.75, 3.05) is 66.0 Å². The van der Waals surface area contributed by atoms with E-state index in [-0.39, 0.29) is 0 Å². The largest absolute Gasteiger partial charge is 0.376 e. The van der Waals surface area contributed by atoms with Gasteiger partial charge in [0.2, 0.25) is 0 Å². The number of nitrogens with zero attached hydrogens (tertiary/aromatic N) is 3. The van der Waals surface area contributed by atoms with E-state index in [0.717, 1.165) is 31.5 Å². The van der Waals surface area contributed by atoms with Gasteiger partial charge in [0.05, 0.1) is 12.7 Å². The highest BCUT2D eigenvalue weighted by atomic mass is 16.5. The molecule has 4 nitrogen and oxygen atoms in total. The molecule has 0 bridgehead atoms.